The van der Waals surface area contributed by atoms with E-state index in [1.165, 1.54) is 37.6 Å². The third kappa shape index (κ3) is 5.18. The number of esters is 1. The number of aliphatic hydroxyl groups excluding tert-OH is 1. The van der Waals surface area contributed by atoms with Gasteiger partial charge in [0.25, 0.3) is 0 Å². The third-order valence-corrected chi connectivity index (χ3v) is 3.35. The van der Waals surface area contributed by atoms with Crippen LogP contribution < -0.4 is 10.6 Å². The van der Waals surface area contributed by atoms with Gasteiger partial charge in [-0.15, -0.1) is 0 Å². The smallest absolute Gasteiger partial charge is 0.337 e. The normalized spacial score (nSPS) is 11.4. The molecule has 25 heavy (non-hydrogen) atoms. The molecule has 8 heteroatoms. The molecule has 0 aliphatic heterocycles. The molecule has 2 amide bonds. The van der Waals surface area contributed by atoms with Crippen molar-refractivity contribution in [2.75, 3.05) is 19.0 Å². The van der Waals surface area contributed by atoms with Gasteiger partial charge in [-0.2, -0.15) is 0 Å². The average Bonchev–Trinajstić information content (AvgIpc) is 3.16. The van der Waals surface area contributed by atoms with E-state index in [4.69, 9.17) is 4.42 Å². The van der Waals surface area contributed by atoms with Crippen LogP contribution >= 0.6 is 0 Å². The minimum atomic E-state index is -0.857. The van der Waals surface area contributed by atoms with Crippen LogP contribution in [0.5, 0.6) is 0 Å². The number of methoxy groups -OCH3 is 1. The number of amides is 2. The van der Waals surface area contributed by atoms with Crippen molar-refractivity contribution in [2.45, 2.75) is 12.5 Å². The molecule has 0 bridgehead atoms. The molecule has 0 radical (unpaired) electrons. The van der Waals surface area contributed by atoms with Crippen molar-refractivity contribution < 1.29 is 28.6 Å². The van der Waals surface area contributed by atoms with Crippen LogP contribution in [0.3, 0.4) is 0 Å². The summed E-state index contributed by atoms with van der Waals surface area (Å²) in [6.45, 7) is 0.107. The summed E-state index contributed by atoms with van der Waals surface area (Å²) in [5.74, 6) is -1.78. The second kappa shape index (κ2) is 8.65. The lowest BCUT2D eigenvalue weighted by atomic mass is 10.2. The maximum atomic E-state index is 11.8. The van der Waals surface area contributed by atoms with Gasteiger partial charge in [0.2, 0.25) is 0 Å². The standard InChI is InChI=1S/C17H18N2O6/c1-24-17(23)11-4-6-12(7-5-11)19-16(22)15(21)18-9-8-13(20)14-3-2-10-25-14/h2-7,10,13,20H,8-9H2,1H3,(H,18,21)(H,19,22)/t13-/m0/s1. The van der Waals surface area contributed by atoms with Crippen LogP contribution in [0, 0.1) is 0 Å². The van der Waals surface area contributed by atoms with Crippen LogP contribution in [0.1, 0.15) is 28.6 Å². The fraction of sp³-hybridized carbons (Fsp3) is 0.235. The monoisotopic (exact) mass is 346 g/mol. The molecular formula is C17H18N2O6. The van der Waals surface area contributed by atoms with Gasteiger partial charge in [0.1, 0.15) is 11.9 Å². The largest absolute Gasteiger partial charge is 0.467 e. The summed E-state index contributed by atoms with van der Waals surface area (Å²) in [5, 5.41) is 14.6. The zero-order valence-electron chi connectivity index (χ0n) is 13.5. The number of hydrogen-bond acceptors (Lipinski definition) is 6. The van der Waals surface area contributed by atoms with Crippen LogP contribution in [0.4, 0.5) is 5.69 Å². The molecule has 1 aromatic heterocycles. The number of rotatable bonds is 6. The van der Waals surface area contributed by atoms with Crippen LogP contribution in [-0.2, 0) is 14.3 Å². The second-order valence-electron chi connectivity index (χ2n) is 5.10. The molecule has 132 valence electrons. The van der Waals surface area contributed by atoms with Crippen LogP contribution in [0.25, 0.3) is 0 Å². The number of ether oxygens (including phenoxy) is 1. The molecular weight excluding hydrogens is 328 g/mol. The van der Waals surface area contributed by atoms with Gasteiger partial charge in [0, 0.05) is 12.2 Å². The number of hydrogen-bond donors (Lipinski definition) is 3. The van der Waals surface area contributed by atoms with Crippen molar-refractivity contribution in [2.24, 2.45) is 0 Å². The van der Waals surface area contributed by atoms with Crippen molar-refractivity contribution in [3.63, 3.8) is 0 Å². The maximum absolute atomic E-state index is 11.8. The summed E-state index contributed by atoms with van der Waals surface area (Å²) in [6.07, 6.45) is 0.792. The van der Waals surface area contributed by atoms with Crippen LogP contribution in [-0.4, -0.2) is 36.5 Å². The molecule has 0 aliphatic carbocycles. The Bertz CT molecular complexity index is 724. The first kappa shape index (κ1) is 18.2. The summed E-state index contributed by atoms with van der Waals surface area (Å²) in [7, 11) is 1.27. The molecule has 0 saturated heterocycles. The highest BCUT2D eigenvalue weighted by atomic mass is 16.5. The molecule has 2 aromatic rings. The number of anilines is 1. The quantitative estimate of drug-likeness (QED) is 0.535. The van der Waals surface area contributed by atoms with E-state index < -0.39 is 23.9 Å². The van der Waals surface area contributed by atoms with E-state index in [0.29, 0.717) is 17.0 Å². The third-order valence-electron chi connectivity index (χ3n) is 3.35. The highest BCUT2D eigenvalue weighted by Crippen LogP contribution is 2.15. The topological polar surface area (TPSA) is 118 Å². The Hall–Kier alpha value is -3.13. The van der Waals surface area contributed by atoms with Gasteiger partial charge in [-0.1, -0.05) is 0 Å². The van der Waals surface area contributed by atoms with Crippen molar-refractivity contribution in [3.05, 3.63) is 54.0 Å². The summed E-state index contributed by atoms with van der Waals surface area (Å²) < 4.78 is 9.61. The van der Waals surface area contributed by atoms with Gasteiger partial charge in [-0.3, -0.25) is 9.59 Å². The molecule has 1 aromatic carbocycles. The second-order valence-corrected chi connectivity index (χ2v) is 5.10. The molecule has 0 saturated carbocycles. The molecule has 8 nitrogen and oxygen atoms in total. The van der Waals surface area contributed by atoms with Crippen molar-refractivity contribution in [1.82, 2.24) is 5.32 Å². The minimum absolute atomic E-state index is 0.107. The fourth-order valence-corrected chi connectivity index (χ4v) is 2.02. The Morgan fingerprint density at radius 2 is 1.88 bits per heavy atom. The fourth-order valence-electron chi connectivity index (χ4n) is 2.02. The van der Waals surface area contributed by atoms with Crippen molar-refractivity contribution in [1.29, 1.82) is 0 Å². The van der Waals surface area contributed by atoms with Gasteiger partial charge in [0.05, 0.1) is 18.9 Å². The van der Waals surface area contributed by atoms with Gasteiger partial charge in [-0.25, -0.2) is 4.79 Å². The number of carbonyl (C=O) groups excluding carboxylic acids is 3. The van der Waals surface area contributed by atoms with E-state index in [1.807, 2.05) is 0 Å². The molecule has 1 atom stereocenters. The SMILES string of the molecule is COC(=O)c1ccc(NC(=O)C(=O)NCC[C@H](O)c2ccco2)cc1. The number of benzene rings is 1. The number of carbonyl (C=O) groups is 3. The Kier molecular flexibility index (Phi) is 6.30. The zero-order chi connectivity index (χ0) is 18.2. The van der Waals surface area contributed by atoms with Crippen molar-refractivity contribution in [3.8, 4) is 0 Å². The van der Waals surface area contributed by atoms with E-state index in [9.17, 15) is 19.5 Å². The molecule has 2 rings (SSSR count). The summed E-state index contributed by atoms with van der Waals surface area (Å²) in [5.41, 5.74) is 0.695. The van der Waals surface area contributed by atoms with E-state index >= 15 is 0 Å². The molecule has 1 heterocycles. The van der Waals surface area contributed by atoms with Crippen LogP contribution in [0.2, 0.25) is 0 Å². The first-order chi connectivity index (χ1) is 12.0. The Morgan fingerprint density at radius 1 is 1.16 bits per heavy atom. The Morgan fingerprint density at radius 3 is 2.48 bits per heavy atom. The number of nitrogens with one attached hydrogen (secondary N) is 2. The summed E-state index contributed by atoms with van der Waals surface area (Å²) in [4.78, 5) is 34.8. The first-order valence-corrected chi connectivity index (χ1v) is 7.50. The van der Waals surface area contributed by atoms with Gasteiger partial charge in [-0.05, 0) is 42.8 Å². The first-order valence-electron chi connectivity index (χ1n) is 7.50. The maximum Gasteiger partial charge on any atom is 0.337 e. The Labute approximate surface area is 143 Å². The predicted molar refractivity (Wildman–Crippen MR) is 87.7 cm³/mol. The lowest BCUT2D eigenvalue weighted by Gasteiger charge is -2.09. The molecule has 0 unspecified atom stereocenters. The number of furan rings is 1. The van der Waals surface area contributed by atoms with E-state index in [2.05, 4.69) is 15.4 Å². The predicted octanol–water partition coefficient (Wildman–Crippen LogP) is 1.24. The van der Waals surface area contributed by atoms with Gasteiger partial charge in [0.15, 0.2) is 0 Å². The van der Waals surface area contributed by atoms with Crippen LogP contribution in [0.15, 0.2) is 47.1 Å². The molecule has 0 spiro atoms. The lowest BCUT2D eigenvalue weighted by molar-refractivity contribution is -0.136. The lowest BCUT2D eigenvalue weighted by Crippen LogP contribution is -2.36. The van der Waals surface area contributed by atoms with Gasteiger partial charge < -0.3 is 24.9 Å². The van der Waals surface area contributed by atoms with E-state index in [0.717, 1.165) is 0 Å². The Balaban J connectivity index is 1.78. The molecule has 3 N–H and O–H groups in total. The molecule has 0 aliphatic rings. The average molecular weight is 346 g/mol. The zero-order valence-corrected chi connectivity index (χ0v) is 13.5. The highest BCUT2D eigenvalue weighted by Gasteiger charge is 2.15. The van der Waals surface area contributed by atoms with Crippen molar-refractivity contribution >= 4 is 23.5 Å². The minimum Gasteiger partial charge on any atom is -0.467 e. The van der Waals surface area contributed by atoms with Gasteiger partial charge >= 0.3 is 17.8 Å². The molecule has 0 fully saturated rings. The van der Waals surface area contributed by atoms with E-state index in [-0.39, 0.29) is 13.0 Å². The van der Waals surface area contributed by atoms with E-state index in [1.54, 1.807) is 12.1 Å². The number of aliphatic hydroxyl groups is 1. The summed E-state index contributed by atoms with van der Waals surface area (Å²) >= 11 is 0. The summed E-state index contributed by atoms with van der Waals surface area (Å²) in [6, 6.07) is 9.18. The highest BCUT2D eigenvalue weighted by molar-refractivity contribution is 6.39.